The van der Waals surface area contributed by atoms with E-state index in [-0.39, 0.29) is 24.0 Å². The van der Waals surface area contributed by atoms with Crippen molar-refractivity contribution in [3.05, 3.63) is 35.9 Å². The van der Waals surface area contributed by atoms with E-state index in [2.05, 4.69) is 59.4 Å². The first kappa shape index (κ1) is 19.3. The van der Waals surface area contributed by atoms with Crippen LogP contribution in [-0.4, -0.2) is 37.5 Å². The highest BCUT2D eigenvalue weighted by atomic mass is 127. The SMILES string of the molecule is CN=C(NCC(C)C)N1CCC(Cc2ccccc2)CC1.I. The molecule has 22 heavy (non-hydrogen) atoms. The van der Waals surface area contributed by atoms with Crippen LogP contribution in [-0.2, 0) is 6.42 Å². The number of hydrogen-bond acceptors (Lipinski definition) is 1. The number of likely N-dealkylation sites (tertiary alicyclic amines) is 1. The average molecular weight is 415 g/mol. The van der Waals surface area contributed by atoms with E-state index in [1.54, 1.807) is 0 Å². The van der Waals surface area contributed by atoms with Crippen LogP contribution in [0.4, 0.5) is 0 Å². The van der Waals surface area contributed by atoms with Crippen LogP contribution in [0.2, 0.25) is 0 Å². The van der Waals surface area contributed by atoms with E-state index in [4.69, 9.17) is 0 Å². The summed E-state index contributed by atoms with van der Waals surface area (Å²) in [5.41, 5.74) is 1.47. The van der Waals surface area contributed by atoms with E-state index in [1.807, 2.05) is 7.05 Å². The van der Waals surface area contributed by atoms with E-state index < -0.39 is 0 Å². The molecular formula is C18H30IN3. The topological polar surface area (TPSA) is 27.6 Å². The predicted molar refractivity (Wildman–Crippen MR) is 106 cm³/mol. The predicted octanol–water partition coefficient (Wildman–Crippen LogP) is 3.79. The number of aliphatic imine (C=N–C) groups is 1. The zero-order valence-corrected chi connectivity index (χ0v) is 16.4. The molecule has 0 amide bonds. The molecule has 1 heterocycles. The van der Waals surface area contributed by atoms with Crippen molar-refractivity contribution in [2.24, 2.45) is 16.8 Å². The van der Waals surface area contributed by atoms with Crippen molar-refractivity contribution in [3.8, 4) is 0 Å². The van der Waals surface area contributed by atoms with E-state index in [0.717, 1.165) is 31.5 Å². The molecule has 1 N–H and O–H groups in total. The number of rotatable bonds is 4. The van der Waals surface area contributed by atoms with Crippen molar-refractivity contribution < 1.29 is 0 Å². The van der Waals surface area contributed by atoms with Crippen molar-refractivity contribution in [3.63, 3.8) is 0 Å². The minimum absolute atomic E-state index is 0. The van der Waals surface area contributed by atoms with Gasteiger partial charge >= 0.3 is 0 Å². The molecule has 0 radical (unpaired) electrons. The number of guanidine groups is 1. The summed E-state index contributed by atoms with van der Waals surface area (Å²) >= 11 is 0. The van der Waals surface area contributed by atoms with E-state index in [0.29, 0.717) is 5.92 Å². The lowest BCUT2D eigenvalue weighted by Crippen LogP contribution is -2.46. The van der Waals surface area contributed by atoms with E-state index in [1.165, 1.54) is 24.8 Å². The molecule has 1 aromatic carbocycles. The van der Waals surface area contributed by atoms with Crippen molar-refractivity contribution >= 4 is 29.9 Å². The molecule has 0 spiro atoms. The van der Waals surface area contributed by atoms with Crippen LogP contribution in [0.15, 0.2) is 35.3 Å². The summed E-state index contributed by atoms with van der Waals surface area (Å²) in [7, 11) is 1.89. The maximum Gasteiger partial charge on any atom is 0.193 e. The van der Waals surface area contributed by atoms with Gasteiger partial charge in [-0.1, -0.05) is 44.2 Å². The first-order valence-electron chi connectivity index (χ1n) is 8.18. The molecule has 1 aliphatic heterocycles. The van der Waals surface area contributed by atoms with Crippen LogP contribution in [0.3, 0.4) is 0 Å². The summed E-state index contributed by atoms with van der Waals surface area (Å²) in [5.74, 6) is 2.53. The normalized spacial score (nSPS) is 16.5. The van der Waals surface area contributed by atoms with Crippen molar-refractivity contribution in [2.75, 3.05) is 26.7 Å². The van der Waals surface area contributed by atoms with Gasteiger partial charge in [-0.2, -0.15) is 0 Å². The van der Waals surface area contributed by atoms with Crippen LogP contribution < -0.4 is 5.32 Å². The Morgan fingerprint density at radius 1 is 1.23 bits per heavy atom. The highest BCUT2D eigenvalue weighted by Gasteiger charge is 2.21. The molecule has 0 unspecified atom stereocenters. The number of hydrogen-bond donors (Lipinski definition) is 1. The maximum absolute atomic E-state index is 4.42. The fraction of sp³-hybridized carbons (Fsp3) is 0.611. The molecule has 1 fully saturated rings. The summed E-state index contributed by atoms with van der Waals surface area (Å²) in [4.78, 5) is 6.83. The summed E-state index contributed by atoms with van der Waals surface area (Å²) < 4.78 is 0. The van der Waals surface area contributed by atoms with Crippen molar-refractivity contribution in [1.82, 2.24) is 10.2 Å². The van der Waals surface area contributed by atoms with Crippen LogP contribution >= 0.6 is 24.0 Å². The van der Waals surface area contributed by atoms with E-state index in [9.17, 15) is 0 Å². The van der Waals surface area contributed by atoms with Gasteiger partial charge in [-0.3, -0.25) is 4.99 Å². The van der Waals surface area contributed by atoms with Gasteiger partial charge in [0.15, 0.2) is 5.96 Å². The molecule has 0 atom stereocenters. The standard InChI is InChI=1S/C18H29N3.HI/c1-15(2)14-20-18(19-3)21-11-9-17(10-12-21)13-16-7-5-4-6-8-16;/h4-8,15,17H,9-14H2,1-3H3,(H,19,20);1H. The van der Waals surface area contributed by atoms with Gasteiger partial charge in [-0.05, 0) is 36.7 Å². The Morgan fingerprint density at radius 2 is 1.86 bits per heavy atom. The second kappa shape index (κ2) is 10.1. The number of nitrogens with zero attached hydrogens (tertiary/aromatic N) is 2. The van der Waals surface area contributed by atoms with Crippen molar-refractivity contribution in [1.29, 1.82) is 0 Å². The average Bonchev–Trinajstić information content (AvgIpc) is 2.50. The van der Waals surface area contributed by atoms with Gasteiger partial charge in [0.2, 0.25) is 0 Å². The Morgan fingerprint density at radius 3 is 2.41 bits per heavy atom. The zero-order chi connectivity index (χ0) is 15.1. The molecule has 124 valence electrons. The van der Waals surface area contributed by atoms with Gasteiger partial charge in [-0.25, -0.2) is 0 Å². The van der Waals surface area contributed by atoms with Crippen molar-refractivity contribution in [2.45, 2.75) is 33.1 Å². The van der Waals surface area contributed by atoms with E-state index >= 15 is 0 Å². The number of halogens is 1. The second-order valence-corrected chi connectivity index (χ2v) is 6.44. The molecule has 0 aromatic heterocycles. The molecule has 1 aliphatic rings. The molecule has 0 aliphatic carbocycles. The van der Waals surface area contributed by atoms with Crippen LogP contribution in [0, 0.1) is 11.8 Å². The number of piperidine rings is 1. The van der Waals surface area contributed by atoms with Gasteiger partial charge in [0.1, 0.15) is 0 Å². The Balaban J connectivity index is 0.00000242. The molecule has 4 heteroatoms. The highest BCUT2D eigenvalue weighted by Crippen LogP contribution is 2.21. The molecule has 0 bridgehead atoms. The van der Waals surface area contributed by atoms with Gasteiger partial charge < -0.3 is 10.2 Å². The molecule has 1 aromatic rings. The summed E-state index contributed by atoms with van der Waals surface area (Å²) in [6.07, 6.45) is 3.74. The highest BCUT2D eigenvalue weighted by molar-refractivity contribution is 14.0. The molecule has 0 saturated carbocycles. The van der Waals surface area contributed by atoms with Gasteiger partial charge in [0.05, 0.1) is 0 Å². The number of nitrogens with one attached hydrogen (secondary N) is 1. The minimum Gasteiger partial charge on any atom is -0.356 e. The molecule has 3 nitrogen and oxygen atoms in total. The van der Waals surface area contributed by atoms with Crippen LogP contribution in [0.5, 0.6) is 0 Å². The Labute approximate surface area is 152 Å². The zero-order valence-electron chi connectivity index (χ0n) is 14.1. The minimum atomic E-state index is 0. The second-order valence-electron chi connectivity index (χ2n) is 6.44. The first-order valence-corrected chi connectivity index (χ1v) is 8.18. The lowest BCUT2D eigenvalue weighted by molar-refractivity contribution is 0.258. The fourth-order valence-electron chi connectivity index (χ4n) is 2.92. The Kier molecular flexibility index (Phi) is 8.83. The van der Waals surface area contributed by atoms with Gasteiger partial charge in [0.25, 0.3) is 0 Å². The number of benzene rings is 1. The van der Waals surface area contributed by atoms with Crippen LogP contribution in [0.25, 0.3) is 0 Å². The largest absolute Gasteiger partial charge is 0.356 e. The Hall–Kier alpha value is -0.780. The molecular weight excluding hydrogens is 385 g/mol. The van der Waals surface area contributed by atoms with Gasteiger partial charge in [-0.15, -0.1) is 24.0 Å². The quantitative estimate of drug-likeness (QED) is 0.461. The monoisotopic (exact) mass is 415 g/mol. The smallest absolute Gasteiger partial charge is 0.193 e. The maximum atomic E-state index is 4.42. The summed E-state index contributed by atoms with van der Waals surface area (Å²) in [5, 5.41) is 3.48. The molecule has 1 saturated heterocycles. The third kappa shape index (κ3) is 6.15. The Bertz CT molecular complexity index is 437. The lowest BCUT2D eigenvalue weighted by atomic mass is 9.90. The summed E-state index contributed by atoms with van der Waals surface area (Å²) in [6.45, 7) is 7.69. The first-order chi connectivity index (χ1) is 10.2. The summed E-state index contributed by atoms with van der Waals surface area (Å²) in [6, 6.07) is 10.9. The van der Waals surface area contributed by atoms with Gasteiger partial charge in [0, 0.05) is 26.7 Å². The fourth-order valence-corrected chi connectivity index (χ4v) is 2.92. The lowest BCUT2D eigenvalue weighted by Gasteiger charge is -2.34. The third-order valence-electron chi connectivity index (χ3n) is 4.16. The molecule has 2 rings (SSSR count). The third-order valence-corrected chi connectivity index (χ3v) is 4.16. The van der Waals surface area contributed by atoms with Crippen LogP contribution in [0.1, 0.15) is 32.3 Å².